The number of aliphatic hydroxyl groups excluding tert-OH is 1. The fourth-order valence-corrected chi connectivity index (χ4v) is 1.45. The Morgan fingerprint density at radius 2 is 2.44 bits per heavy atom. The van der Waals surface area contributed by atoms with Gasteiger partial charge >= 0.3 is 0 Å². The molecule has 0 aliphatic heterocycles. The molecule has 0 spiro atoms. The predicted octanol–water partition coefficient (Wildman–Crippen LogP) is 0.0222. The third-order valence-electron chi connectivity index (χ3n) is 2.35. The molecule has 0 fully saturated rings. The molecule has 0 saturated heterocycles. The lowest BCUT2D eigenvalue weighted by Gasteiger charge is -2.13. The molecule has 6 nitrogen and oxygen atoms in total. The van der Waals surface area contributed by atoms with Gasteiger partial charge in [-0.05, 0) is 6.07 Å². The molecule has 6 heteroatoms. The zero-order valence-corrected chi connectivity index (χ0v) is 8.84. The van der Waals surface area contributed by atoms with Crippen molar-refractivity contribution in [2.24, 2.45) is 0 Å². The van der Waals surface area contributed by atoms with E-state index in [-0.39, 0.29) is 19.1 Å². The Balaban J connectivity index is 2.36. The summed E-state index contributed by atoms with van der Waals surface area (Å²) in [5, 5.41) is 16.2. The fraction of sp³-hybridized carbons (Fsp3) is 0.300. The van der Waals surface area contributed by atoms with Crippen molar-refractivity contribution in [2.75, 3.05) is 20.2 Å². The number of carbonyl (C=O) groups excluding carboxylic acids is 1. The van der Waals surface area contributed by atoms with Gasteiger partial charge in [-0.2, -0.15) is 5.10 Å². The first-order valence-corrected chi connectivity index (χ1v) is 4.88. The molecule has 2 heterocycles. The van der Waals surface area contributed by atoms with E-state index in [2.05, 4.69) is 15.2 Å². The minimum Gasteiger partial charge on any atom is -0.395 e. The highest BCUT2D eigenvalue weighted by atomic mass is 16.3. The highest BCUT2D eigenvalue weighted by Crippen LogP contribution is 2.14. The summed E-state index contributed by atoms with van der Waals surface area (Å²) < 4.78 is 0. The van der Waals surface area contributed by atoms with Crippen molar-refractivity contribution in [3.8, 4) is 0 Å². The van der Waals surface area contributed by atoms with Crippen molar-refractivity contribution in [3.05, 3.63) is 24.2 Å². The van der Waals surface area contributed by atoms with Gasteiger partial charge in [0.05, 0.1) is 17.5 Å². The van der Waals surface area contributed by atoms with Crippen LogP contribution in [0.1, 0.15) is 10.5 Å². The normalized spacial score (nSPS) is 10.6. The molecule has 2 aromatic heterocycles. The van der Waals surface area contributed by atoms with Gasteiger partial charge in [-0.3, -0.25) is 14.9 Å². The van der Waals surface area contributed by atoms with Gasteiger partial charge in [0.1, 0.15) is 0 Å². The van der Waals surface area contributed by atoms with Gasteiger partial charge in [0.25, 0.3) is 5.91 Å². The molecular formula is C10H12N4O2. The van der Waals surface area contributed by atoms with E-state index in [0.717, 1.165) is 5.52 Å². The van der Waals surface area contributed by atoms with E-state index in [1.165, 1.54) is 4.90 Å². The van der Waals surface area contributed by atoms with E-state index in [1.54, 1.807) is 25.5 Å². The van der Waals surface area contributed by atoms with E-state index in [1.807, 2.05) is 0 Å². The maximum Gasteiger partial charge on any atom is 0.274 e. The van der Waals surface area contributed by atoms with Gasteiger partial charge in [-0.1, -0.05) is 0 Å². The van der Waals surface area contributed by atoms with Crippen molar-refractivity contribution >= 4 is 16.8 Å². The van der Waals surface area contributed by atoms with Crippen LogP contribution in [0.25, 0.3) is 10.9 Å². The molecule has 2 N–H and O–H groups in total. The van der Waals surface area contributed by atoms with Crippen LogP contribution >= 0.6 is 0 Å². The molecule has 0 unspecified atom stereocenters. The second-order valence-corrected chi connectivity index (χ2v) is 3.44. The molecule has 0 radical (unpaired) electrons. The number of amides is 1. The Bertz CT molecular complexity index is 508. The number of nitrogens with one attached hydrogen (secondary N) is 1. The van der Waals surface area contributed by atoms with Gasteiger partial charge in [-0.25, -0.2) is 0 Å². The van der Waals surface area contributed by atoms with Crippen LogP contribution in [0, 0.1) is 0 Å². The van der Waals surface area contributed by atoms with Gasteiger partial charge in [0.2, 0.25) is 0 Å². The molecule has 2 aromatic rings. The number of rotatable bonds is 3. The minimum absolute atomic E-state index is 0.0666. The molecule has 0 atom stereocenters. The van der Waals surface area contributed by atoms with E-state index < -0.39 is 0 Å². The van der Waals surface area contributed by atoms with Crippen molar-refractivity contribution in [1.29, 1.82) is 0 Å². The fourth-order valence-electron chi connectivity index (χ4n) is 1.45. The summed E-state index contributed by atoms with van der Waals surface area (Å²) in [4.78, 5) is 17.3. The summed E-state index contributed by atoms with van der Waals surface area (Å²) in [5.74, 6) is -0.228. The molecule has 0 aliphatic carbocycles. The van der Waals surface area contributed by atoms with Crippen molar-refractivity contribution in [3.63, 3.8) is 0 Å². The number of nitrogens with zero attached hydrogens (tertiary/aromatic N) is 3. The summed E-state index contributed by atoms with van der Waals surface area (Å²) in [6.07, 6.45) is 3.23. The Morgan fingerprint density at radius 3 is 3.19 bits per heavy atom. The average molecular weight is 220 g/mol. The minimum atomic E-state index is -0.228. The van der Waals surface area contributed by atoms with Gasteiger partial charge in [0, 0.05) is 26.0 Å². The summed E-state index contributed by atoms with van der Waals surface area (Å²) in [5.41, 5.74) is 1.11. The molecule has 16 heavy (non-hydrogen) atoms. The van der Waals surface area contributed by atoms with Gasteiger partial charge < -0.3 is 10.0 Å². The Hall–Kier alpha value is -1.95. The molecule has 0 saturated carbocycles. The molecule has 84 valence electrons. The Kier molecular flexibility index (Phi) is 2.82. The zero-order chi connectivity index (χ0) is 11.5. The quantitative estimate of drug-likeness (QED) is 0.764. The van der Waals surface area contributed by atoms with Crippen molar-refractivity contribution in [1.82, 2.24) is 20.1 Å². The van der Waals surface area contributed by atoms with Gasteiger partial charge in [0.15, 0.2) is 5.69 Å². The lowest BCUT2D eigenvalue weighted by atomic mass is 10.2. The first-order valence-electron chi connectivity index (χ1n) is 4.88. The van der Waals surface area contributed by atoms with Crippen LogP contribution in [0.4, 0.5) is 0 Å². The number of pyridine rings is 1. The zero-order valence-electron chi connectivity index (χ0n) is 8.84. The summed E-state index contributed by atoms with van der Waals surface area (Å²) in [7, 11) is 1.62. The lowest BCUT2D eigenvalue weighted by molar-refractivity contribution is 0.0763. The molecular weight excluding hydrogens is 208 g/mol. The largest absolute Gasteiger partial charge is 0.395 e. The number of hydrogen-bond acceptors (Lipinski definition) is 4. The lowest BCUT2D eigenvalue weighted by Crippen LogP contribution is -2.29. The average Bonchev–Trinajstić information content (AvgIpc) is 2.72. The number of likely N-dealkylation sites (N-methyl/N-ethyl adjacent to an activating group) is 1. The van der Waals surface area contributed by atoms with Crippen LogP contribution in [-0.4, -0.2) is 51.3 Å². The third-order valence-corrected chi connectivity index (χ3v) is 2.35. The van der Waals surface area contributed by atoms with Crippen LogP contribution in [0.3, 0.4) is 0 Å². The monoisotopic (exact) mass is 220 g/mol. The number of aromatic amines is 1. The summed E-state index contributed by atoms with van der Waals surface area (Å²) >= 11 is 0. The summed E-state index contributed by atoms with van der Waals surface area (Å²) in [6.45, 7) is 0.219. The number of carbonyl (C=O) groups is 1. The van der Waals surface area contributed by atoms with E-state index in [9.17, 15) is 4.79 Å². The second kappa shape index (κ2) is 4.28. The molecule has 0 aliphatic rings. The highest BCUT2D eigenvalue weighted by molar-refractivity contribution is 6.04. The Morgan fingerprint density at radius 1 is 1.62 bits per heavy atom. The van der Waals surface area contributed by atoms with Crippen LogP contribution < -0.4 is 0 Å². The van der Waals surface area contributed by atoms with Gasteiger partial charge in [-0.15, -0.1) is 0 Å². The first kappa shape index (κ1) is 10.6. The third kappa shape index (κ3) is 1.74. The van der Waals surface area contributed by atoms with Crippen molar-refractivity contribution < 1.29 is 9.90 Å². The smallest absolute Gasteiger partial charge is 0.274 e. The van der Waals surface area contributed by atoms with E-state index in [4.69, 9.17) is 5.11 Å². The molecule has 0 bridgehead atoms. The maximum atomic E-state index is 11.9. The number of fused-ring (bicyclic) bond motifs is 1. The topological polar surface area (TPSA) is 82.1 Å². The second-order valence-electron chi connectivity index (χ2n) is 3.44. The number of aromatic nitrogens is 3. The SMILES string of the molecule is CN(CCO)C(=O)c1n[nH]c2ccncc12. The maximum absolute atomic E-state index is 11.9. The predicted molar refractivity (Wildman–Crippen MR) is 57.9 cm³/mol. The molecule has 2 rings (SSSR count). The number of hydrogen-bond donors (Lipinski definition) is 2. The summed E-state index contributed by atoms with van der Waals surface area (Å²) in [6, 6.07) is 1.76. The molecule has 0 aromatic carbocycles. The number of H-pyrrole nitrogens is 1. The highest BCUT2D eigenvalue weighted by Gasteiger charge is 2.17. The van der Waals surface area contributed by atoms with Crippen LogP contribution in [-0.2, 0) is 0 Å². The van der Waals surface area contributed by atoms with Crippen LogP contribution in [0.15, 0.2) is 18.5 Å². The standard InChI is InChI=1S/C10H12N4O2/c1-14(4-5-15)10(16)9-7-6-11-3-2-8(7)12-13-9/h2-3,6,15H,4-5H2,1H3,(H,12,13). The van der Waals surface area contributed by atoms with E-state index in [0.29, 0.717) is 11.1 Å². The van der Waals surface area contributed by atoms with Crippen LogP contribution in [0.5, 0.6) is 0 Å². The number of aliphatic hydroxyl groups is 1. The van der Waals surface area contributed by atoms with Crippen LogP contribution in [0.2, 0.25) is 0 Å². The van der Waals surface area contributed by atoms with Crippen molar-refractivity contribution in [2.45, 2.75) is 0 Å². The molecule has 1 amide bonds. The first-order chi connectivity index (χ1) is 7.74. The van der Waals surface area contributed by atoms with E-state index >= 15 is 0 Å². The Labute approximate surface area is 91.9 Å².